The Morgan fingerprint density at radius 3 is 2.32 bits per heavy atom. The van der Waals surface area contributed by atoms with E-state index in [2.05, 4.69) is 5.32 Å². The van der Waals surface area contributed by atoms with E-state index in [0.717, 1.165) is 6.92 Å². The molecule has 1 N–H and O–H groups in total. The van der Waals surface area contributed by atoms with E-state index in [-0.39, 0.29) is 5.69 Å². The number of thioether (sulfide) groups is 1. The van der Waals surface area contributed by atoms with Crippen LogP contribution in [0, 0.1) is 5.92 Å². The van der Waals surface area contributed by atoms with Gasteiger partial charge in [0.25, 0.3) is 0 Å². The Labute approximate surface area is 112 Å². The minimum Gasteiger partial charge on any atom is -0.326 e. The molecule has 0 bridgehead atoms. The topological polar surface area (TPSA) is 46.2 Å². The lowest BCUT2D eigenvalue weighted by atomic mass is 10.1. The normalized spacial score (nSPS) is 12.8. The molecule has 1 amide bonds. The summed E-state index contributed by atoms with van der Waals surface area (Å²) in [7, 11) is 0. The van der Waals surface area contributed by atoms with Crippen LogP contribution in [0.3, 0.4) is 0 Å². The molecule has 1 aromatic rings. The average molecular weight is 291 g/mol. The largest absolute Gasteiger partial charge is 0.401 e. The molecular weight excluding hydrogens is 279 g/mol. The van der Waals surface area contributed by atoms with E-state index in [1.807, 2.05) is 0 Å². The standard InChI is InChI=1S/C12H12F3NO2S/c1-8(17)19-7-10(12(13,14)15)11(18)16-9-5-3-2-4-6-9/h2-6,10H,7H2,1H3,(H,16,18). The molecule has 0 heterocycles. The van der Waals surface area contributed by atoms with Gasteiger partial charge in [-0.3, -0.25) is 9.59 Å². The van der Waals surface area contributed by atoms with E-state index in [1.54, 1.807) is 18.2 Å². The van der Waals surface area contributed by atoms with Gasteiger partial charge in [-0.05, 0) is 12.1 Å². The third-order valence-corrected chi connectivity index (χ3v) is 3.11. The molecule has 0 spiro atoms. The van der Waals surface area contributed by atoms with Crippen molar-refractivity contribution >= 4 is 28.5 Å². The van der Waals surface area contributed by atoms with Gasteiger partial charge in [0.2, 0.25) is 5.91 Å². The highest BCUT2D eigenvalue weighted by molar-refractivity contribution is 8.13. The number of benzene rings is 1. The minimum absolute atomic E-state index is 0.287. The summed E-state index contributed by atoms with van der Waals surface area (Å²) in [5.41, 5.74) is 0.287. The number of nitrogens with one attached hydrogen (secondary N) is 1. The van der Waals surface area contributed by atoms with Crippen molar-refractivity contribution in [3.05, 3.63) is 30.3 Å². The molecule has 104 valence electrons. The van der Waals surface area contributed by atoms with Crippen LogP contribution in [0.25, 0.3) is 0 Å². The number of rotatable bonds is 4. The van der Waals surface area contributed by atoms with Crippen LogP contribution >= 0.6 is 11.8 Å². The third-order valence-electron chi connectivity index (χ3n) is 2.21. The lowest BCUT2D eigenvalue weighted by molar-refractivity contribution is -0.174. The Morgan fingerprint density at radius 1 is 1.26 bits per heavy atom. The summed E-state index contributed by atoms with van der Waals surface area (Å²) < 4.78 is 38.2. The minimum atomic E-state index is -4.68. The second kappa shape index (κ2) is 6.60. The molecule has 19 heavy (non-hydrogen) atoms. The maximum Gasteiger partial charge on any atom is 0.401 e. The molecule has 0 aliphatic carbocycles. The van der Waals surface area contributed by atoms with E-state index >= 15 is 0 Å². The van der Waals surface area contributed by atoms with Gasteiger partial charge in [-0.15, -0.1) is 0 Å². The highest BCUT2D eigenvalue weighted by atomic mass is 32.2. The van der Waals surface area contributed by atoms with Crippen molar-refractivity contribution in [2.24, 2.45) is 5.92 Å². The van der Waals surface area contributed by atoms with E-state index in [0.29, 0.717) is 11.8 Å². The fraction of sp³-hybridized carbons (Fsp3) is 0.333. The fourth-order valence-corrected chi connectivity index (χ4v) is 2.01. The van der Waals surface area contributed by atoms with Gasteiger partial charge in [0.15, 0.2) is 5.12 Å². The van der Waals surface area contributed by atoms with Crippen LogP contribution in [0.2, 0.25) is 0 Å². The Morgan fingerprint density at radius 2 is 1.84 bits per heavy atom. The predicted octanol–water partition coefficient (Wildman–Crippen LogP) is 3.08. The van der Waals surface area contributed by atoms with Crippen molar-refractivity contribution in [1.29, 1.82) is 0 Å². The summed E-state index contributed by atoms with van der Waals surface area (Å²) in [5, 5.41) is 1.73. The first-order valence-electron chi connectivity index (χ1n) is 5.36. The zero-order valence-electron chi connectivity index (χ0n) is 10.0. The van der Waals surface area contributed by atoms with Gasteiger partial charge in [0, 0.05) is 18.4 Å². The summed E-state index contributed by atoms with van der Waals surface area (Å²) >= 11 is 0.485. The predicted molar refractivity (Wildman–Crippen MR) is 67.8 cm³/mol. The van der Waals surface area contributed by atoms with Crippen molar-refractivity contribution < 1.29 is 22.8 Å². The zero-order valence-corrected chi connectivity index (χ0v) is 10.8. The maximum atomic E-state index is 12.7. The Balaban J connectivity index is 2.74. The first kappa shape index (κ1) is 15.6. The Hall–Kier alpha value is -1.50. The highest BCUT2D eigenvalue weighted by Gasteiger charge is 2.44. The van der Waals surface area contributed by atoms with Crippen LogP contribution in [-0.4, -0.2) is 23.0 Å². The number of alkyl halides is 3. The smallest absolute Gasteiger partial charge is 0.326 e. The van der Waals surface area contributed by atoms with E-state index in [4.69, 9.17) is 0 Å². The van der Waals surface area contributed by atoms with Crippen LogP contribution in [0.1, 0.15) is 6.92 Å². The van der Waals surface area contributed by atoms with Crippen molar-refractivity contribution in [2.75, 3.05) is 11.1 Å². The molecule has 7 heteroatoms. The van der Waals surface area contributed by atoms with Gasteiger partial charge in [-0.1, -0.05) is 30.0 Å². The molecule has 1 atom stereocenters. The second-order valence-electron chi connectivity index (χ2n) is 3.75. The zero-order chi connectivity index (χ0) is 14.5. The van der Waals surface area contributed by atoms with Crippen LogP contribution in [-0.2, 0) is 9.59 Å². The Bertz CT molecular complexity index is 448. The van der Waals surface area contributed by atoms with Gasteiger partial charge in [0.05, 0.1) is 0 Å². The van der Waals surface area contributed by atoms with E-state index in [1.165, 1.54) is 12.1 Å². The van der Waals surface area contributed by atoms with Gasteiger partial charge in [-0.25, -0.2) is 0 Å². The maximum absolute atomic E-state index is 12.7. The molecule has 0 saturated heterocycles. The first-order valence-corrected chi connectivity index (χ1v) is 6.35. The summed E-state index contributed by atoms with van der Waals surface area (Å²) in [4.78, 5) is 22.3. The molecule has 1 rings (SSSR count). The molecule has 0 aromatic heterocycles. The van der Waals surface area contributed by atoms with Gasteiger partial charge < -0.3 is 5.32 Å². The number of carbonyl (C=O) groups excluding carboxylic acids is 2. The molecule has 0 saturated carbocycles. The Kier molecular flexibility index (Phi) is 5.41. The number of amides is 1. The van der Waals surface area contributed by atoms with Crippen molar-refractivity contribution in [3.8, 4) is 0 Å². The van der Waals surface area contributed by atoms with E-state index in [9.17, 15) is 22.8 Å². The molecule has 1 aromatic carbocycles. The summed E-state index contributed by atoms with van der Waals surface area (Å²) in [5.74, 6) is -3.98. The SMILES string of the molecule is CC(=O)SCC(C(=O)Nc1ccccc1)C(F)(F)F. The van der Waals surface area contributed by atoms with Crippen molar-refractivity contribution in [2.45, 2.75) is 13.1 Å². The quantitative estimate of drug-likeness (QED) is 0.927. The number of anilines is 1. The molecule has 0 radical (unpaired) electrons. The summed E-state index contributed by atoms with van der Waals surface area (Å²) in [6.07, 6.45) is -4.68. The molecular formula is C12H12F3NO2S. The summed E-state index contributed by atoms with van der Waals surface area (Å²) in [6.45, 7) is 1.16. The van der Waals surface area contributed by atoms with E-state index < -0.39 is 28.9 Å². The monoisotopic (exact) mass is 291 g/mol. The molecule has 0 aliphatic rings. The van der Waals surface area contributed by atoms with Gasteiger partial charge >= 0.3 is 6.18 Å². The number of para-hydroxylation sites is 1. The van der Waals surface area contributed by atoms with Crippen molar-refractivity contribution in [3.63, 3.8) is 0 Å². The number of halogens is 3. The average Bonchev–Trinajstić information content (AvgIpc) is 2.28. The lowest BCUT2D eigenvalue weighted by Crippen LogP contribution is -2.37. The lowest BCUT2D eigenvalue weighted by Gasteiger charge is -2.18. The van der Waals surface area contributed by atoms with Crippen LogP contribution in [0.4, 0.5) is 18.9 Å². The van der Waals surface area contributed by atoms with Crippen molar-refractivity contribution in [1.82, 2.24) is 0 Å². The van der Waals surface area contributed by atoms with Crippen LogP contribution in [0.5, 0.6) is 0 Å². The van der Waals surface area contributed by atoms with Gasteiger partial charge in [0.1, 0.15) is 5.92 Å². The van der Waals surface area contributed by atoms with Crippen LogP contribution in [0.15, 0.2) is 30.3 Å². The number of carbonyl (C=O) groups is 2. The summed E-state index contributed by atoms with van der Waals surface area (Å²) in [6, 6.07) is 7.86. The van der Waals surface area contributed by atoms with Crippen LogP contribution < -0.4 is 5.32 Å². The molecule has 3 nitrogen and oxygen atoms in total. The second-order valence-corrected chi connectivity index (χ2v) is 4.95. The first-order chi connectivity index (χ1) is 8.80. The third kappa shape index (κ3) is 5.34. The van der Waals surface area contributed by atoms with Gasteiger partial charge in [-0.2, -0.15) is 13.2 Å². The highest BCUT2D eigenvalue weighted by Crippen LogP contribution is 2.30. The molecule has 0 aliphatic heterocycles. The number of hydrogen-bond donors (Lipinski definition) is 1. The number of hydrogen-bond acceptors (Lipinski definition) is 3. The fourth-order valence-electron chi connectivity index (χ4n) is 1.27. The molecule has 1 unspecified atom stereocenters. The molecule has 0 fully saturated rings.